The van der Waals surface area contributed by atoms with Crippen LogP contribution in [-0.2, 0) is 6.54 Å². The molecular formula is C18H31N3. The summed E-state index contributed by atoms with van der Waals surface area (Å²) in [5.41, 5.74) is 2.79. The van der Waals surface area contributed by atoms with Gasteiger partial charge < -0.3 is 10.2 Å². The van der Waals surface area contributed by atoms with Gasteiger partial charge in [0, 0.05) is 30.9 Å². The molecule has 0 bridgehead atoms. The average Bonchev–Trinajstić information content (AvgIpc) is 2.40. The van der Waals surface area contributed by atoms with E-state index in [1.165, 1.54) is 17.7 Å². The summed E-state index contributed by atoms with van der Waals surface area (Å²) in [7, 11) is 0. The van der Waals surface area contributed by atoms with E-state index in [0.717, 1.165) is 24.9 Å². The standard InChI is InChI=1S/C18H31N3/c1-13-9-14(2)15(3)21(12-13)17-11-19-8-7-16(17)10-20-18(4,5)6/h7-8,11,13-15,20H,9-10,12H2,1-6H3. The van der Waals surface area contributed by atoms with Crippen molar-refractivity contribution in [2.24, 2.45) is 11.8 Å². The Labute approximate surface area is 130 Å². The summed E-state index contributed by atoms with van der Waals surface area (Å²) in [6.45, 7) is 15.7. The van der Waals surface area contributed by atoms with E-state index < -0.39 is 0 Å². The van der Waals surface area contributed by atoms with Gasteiger partial charge in [-0.3, -0.25) is 4.98 Å². The summed E-state index contributed by atoms with van der Waals surface area (Å²) >= 11 is 0. The van der Waals surface area contributed by atoms with E-state index in [0.29, 0.717) is 6.04 Å². The van der Waals surface area contributed by atoms with Crippen molar-refractivity contribution >= 4 is 5.69 Å². The van der Waals surface area contributed by atoms with E-state index in [-0.39, 0.29) is 5.54 Å². The van der Waals surface area contributed by atoms with Gasteiger partial charge >= 0.3 is 0 Å². The van der Waals surface area contributed by atoms with E-state index in [9.17, 15) is 0 Å². The number of anilines is 1. The maximum absolute atomic E-state index is 4.38. The number of hydrogen-bond donors (Lipinski definition) is 1. The van der Waals surface area contributed by atoms with Gasteiger partial charge in [0.25, 0.3) is 0 Å². The quantitative estimate of drug-likeness (QED) is 0.916. The topological polar surface area (TPSA) is 28.2 Å². The Hall–Kier alpha value is -1.09. The van der Waals surface area contributed by atoms with Crippen molar-refractivity contribution < 1.29 is 0 Å². The lowest BCUT2D eigenvalue weighted by molar-refractivity contribution is 0.296. The molecule has 118 valence electrons. The summed E-state index contributed by atoms with van der Waals surface area (Å²) in [6.07, 6.45) is 5.28. The van der Waals surface area contributed by atoms with E-state index in [2.05, 4.69) is 62.8 Å². The van der Waals surface area contributed by atoms with Crippen LogP contribution in [0.4, 0.5) is 5.69 Å². The molecule has 21 heavy (non-hydrogen) atoms. The van der Waals surface area contributed by atoms with Gasteiger partial charge in [-0.1, -0.05) is 13.8 Å². The second-order valence-electron chi connectivity index (χ2n) is 7.82. The van der Waals surface area contributed by atoms with Crippen LogP contribution < -0.4 is 10.2 Å². The van der Waals surface area contributed by atoms with Crippen LogP contribution in [0.2, 0.25) is 0 Å². The highest BCUT2D eigenvalue weighted by atomic mass is 15.2. The van der Waals surface area contributed by atoms with Gasteiger partial charge in [-0.2, -0.15) is 0 Å². The van der Waals surface area contributed by atoms with Gasteiger partial charge in [0.15, 0.2) is 0 Å². The molecule has 0 spiro atoms. The van der Waals surface area contributed by atoms with Crippen molar-refractivity contribution in [2.75, 3.05) is 11.4 Å². The molecule has 0 radical (unpaired) electrons. The summed E-state index contributed by atoms with van der Waals surface area (Å²) in [4.78, 5) is 6.94. The van der Waals surface area contributed by atoms with Gasteiger partial charge in [0.1, 0.15) is 0 Å². The van der Waals surface area contributed by atoms with Gasteiger partial charge in [0.05, 0.1) is 11.9 Å². The minimum atomic E-state index is 0.134. The molecule has 1 aromatic heterocycles. The van der Waals surface area contributed by atoms with E-state index in [4.69, 9.17) is 0 Å². The minimum absolute atomic E-state index is 0.134. The van der Waals surface area contributed by atoms with Crippen LogP contribution in [-0.4, -0.2) is 23.1 Å². The third-order valence-electron chi connectivity index (χ3n) is 4.60. The summed E-state index contributed by atoms with van der Waals surface area (Å²) in [6, 6.07) is 2.74. The fraction of sp³-hybridized carbons (Fsp3) is 0.722. The Balaban J connectivity index is 2.22. The lowest BCUT2D eigenvalue weighted by Gasteiger charge is -2.43. The first kappa shape index (κ1) is 16.3. The molecule has 1 fully saturated rings. The van der Waals surface area contributed by atoms with Crippen LogP contribution in [0.5, 0.6) is 0 Å². The Morgan fingerprint density at radius 2 is 2.00 bits per heavy atom. The second kappa shape index (κ2) is 6.35. The van der Waals surface area contributed by atoms with Crippen LogP contribution in [0.3, 0.4) is 0 Å². The largest absolute Gasteiger partial charge is 0.367 e. The number of piperidine rings is 1. The summed E-state index contributed by atoms with van der Waals surface area (Å²) in [5, 5.41) is 3.60. The number of rotatable bonds is 3. The van der Waals surface area contributed by atoms with Crippen LogP contribution >= 0.6 is 0 Å². The molecule has 1 saturated heterocycles. The highest BCUT2D eigenvalue weighted by Gasteiger charge is 2.30. The number of aromatic nitrogens is 1. The average molecular weight is 289 g/mol. The molecule has 1 aliphatic rings. The molecule has 1 aromatic rings. The zero-order valence-electron chi connectivity index (χ0n) is 14.5. The van der Waals surface area contributed by atoms with Crippen LogP contribution in [0.1, 0.15) is 53.5 Å². The molecule has 0 aromatic carbocycles. The van der Waals surface area contributed by atoms with Crippen molar-refractivity contribution in [2.45, 2.75) is 66.1 Å². The monoisotopic (exact) mass is 289 g/mol. The maximum atomic E-state index is 4.38. The molecule has 2 heterocycles. The number of hydrogen-bond acceptors (Lipinski definition) is 3. The lowest BCUT2D eigenvalue weighted by atomic mass is 9.85. The fourth-order valence-electron chi connectivity index (χ4n) is 3.22. The van der Waals surface area contributed by atoms with Crippen molar-refractivity contribution in [1.29, 1.82) is 0 Å². The normalized spacial score (nSPS) is 27.0. The molecule has 3 heteroatoms. The molecule has 3 nitrogen and oxygen atoms in total. The molecule has 3 unspecified atom stereocenters. The number of pyridine rings is 1. The molecular weight excluding hydrogens is 258 g/mol. The van der Waals surface area contributed by atoms with Gasteiger partial charge in [-0.15, -0.1) is 0 Å². The molecule has 0 amide bonds. The predicted octanol–water partition coefficient (Wildman–Crippen LogP) is 3.84. The first-order chi connectivity index (χ1) is 9.78. The van der Waals surface area contributed by atoms with Crippen LogP contribution in [0.15, 0.2) is 18.5 Å². The zero-order valence-corrected chi connectivity index (χ0v) is 14.5. The number of nitrogens with one attached hydrogen (secondary N) is 1. The van der Waals surface area contributed by atoms with Crippen molar-refractivity contribution in [3.63, 3.8) is 0 Å². The van der Waals surface area contributed by atoms with E-state index in [1.807, 2.05) is 12.4 Å². The molecule has 1 N–H and O–H groups in total. The molecule has 2 rings (SSSR count). The fourth-order valence-corrected chi connectivity index (χ4v) is 3.22. The third-order valence-corrected chi connectivity index (χ3v) is 4.60. The van der Waals surface area contributed by atoms with E-state index in [1.54, 1.807) is 0 Å². The zero-order chi connectivity index (χ0) is 15.6. The highest BCUT2D eigenvalue weighted by molar-refractivity contribution is 5.53. The van der Waals surface area contributed by atoms with Gasteiger partial charge in [-0.05, 0) is 57.6 Å². The Morgan fingerprint density at radius 1 is 1.29 bits per heavy atom. The van der Waals surface area contributed by atoms with E-state index >= 15 is 0 Å². The lowest BCUT2D eigenvalue weighted by Crippen LogP contribution is -2.46. The Morgan fingerprint density at radius 3 is 2.67 bits per heavy atom. The van der Waals surface area contributed by atoms with Crippen molar-refractivity contribution in [3.8, 4) is 0 Å². The molecule has 3 atom stereocenters. The van der Waals surface area contributed by atoms with Gasteiger partial charge in [0.2, 0.25) is 0 Å². The smallest absolute Gasteiger partial charge is 0.0600 e. The third kappa shape index (κ3) is 4.19. The Bertz CT molecular complexity index is 464. The molecule has 0 aliphatic carbocycles. The summed E-state index contributed by atoms with van der Waals surface area (Å²) < 4.78 is 0. The number of nitrogens with zero attached hydrogens (tertiary/aromatic N) is 2. The highest BCUT2D eigenvalue weighted by Crippen LogP contribution is 2.32. The first-order valence-corrected chi connectivity index (χ1v) is 8.22. The Kier molecular flexibility index (Phi) is 4.92. The maximum Gasteiger partial charge on any atom is 0.0600 e. The SMILES string of the molecule is CC1CC(C)C(C)N(c2cnccc2CNC(C)(C)C)C1. The first-order valence-electron chi connectivity index (χ1n) is 8.22. The van der Waals surface area contributed by atoms with Gasteiger partial charge in [-0.25, -0.2) is 0 Å². The van der Waals surface area contributed by atoms with Crippen LogP contribution in [0.25, 0.3) is 0 Å². The molecule has 0 saturated carbocycles. The van der Waals surface area contributed by atoms with Crippen LogP contribution in [0, 0.1) is 11.8 Å². The minimum Gasteiger partial charge on any atom is -0.367 e. The molecule has 1 aliphatic heterocycles. The summed E-state index contributed by atoms with van der Waals surface area (Å²) in [5.74, 6) is 1.48. The van der Waals surface area contributed by atoms with Crippen molar-refractivity contribution in [3.05, 3.63) is 24.0 Å². The predicted molar refractivity (Wildman–Crippen MR) is 90.6 cm³/mol. The second-order valence-corrected chi connectivity index (χ2v) is 7.82. The van der Waals surface area contributed by atoms with Crippen molar-refractivity contribution in [1.82, 2.24) is 10.3 Å².